The van der Waals surface area contributed by atoms with Crippen LogP contribution in [0.4, 0.5) is 0 Å². The van der Waals surface area contributed by atoms with Crippen LogP contribution in [0.3, 0.4) is 0 Å². The van der Waals surface area contributed by atoms with Gasteiger partial charge in [0.05, 0.1) is 0 Å². The topological polar surface area (TPSA) is 3.24 Å². The summed E-state index contributed by atoms with van der Waals surface area (Å²) in [5.41, 5.74) is 0. The van der Waals surface area contributed by atoms with Crippen LogP contribution in [0.25, 0.3) is 0 Å². The molecule has 0 aromatic rings. The van der Waals surface area contributed by atoms with Gasteiger partial charge in [0.1, 0.15) is 0 Å². The number of hydrogen-bond donors (Lipinski definition) is 0. The zero-order valence-electron chi connectivity index (χ0n) is 7.55. The SMILES string of the molecule is CC[C@@H]1CCCN(C2CC2)C1. The van der Waals surface area contributed by atoms with Gasteiger partial charge >= 0.3 is 0 Å². The van der Waals surface area contributed by atoms with Crippen LogP contribution in [0.2, 0.25) is 0 Å². The lowest BCUT2D eigenvalue weighted by molar-refractivity contribution is 0.164. The van der Waals surface area contributed by atoms with E-state index < -0.39 is 0 Å². The fourth-order valence-electron chi connectivity index (χ4n) is 2.20. The summed E-state index contributed by atoms with van der Waals surface area (Å²) in [6.45, 7) is 5.13. The molecule has 0 bridgehead atoms. The fourth-order valence-corrected chi connectivity index (χ4v) is 2.20. The van der Waals surface area contributed by atoms with Crippen molar-refractivity contribution in [2.45, 2.75) is 45.1 Å². The summed E-state index contributed by atoms with van der Waals surface area (Å²) in [6.07, 6.45) is 7.30. The van der Waals surface area contributed by atoms with Gasteiger partial charge in [-0.05, 0) is 38.1 Å². The van der Waals surface area contributed by atoms with Crippen LogP contribution in [0.15, 0.2) is 0 Å². The lowest BCUT2D eigenvalue weighted by atomic mass is 9.96. The van der Waals surface area contributed by atoms with E-state index in [9.17, 15) is 0 Å². The van der Waals surface area contributed by atoms with Crippen molar-refractivity contribution in [3.63, 3.8) is 0 Å². The second kappa shape index (κ2) is 3.14. The van der Waals surface area contributed by atoms with Crippen molar-refractivity contribution < 1.29 is 0 Å². The van der Waals surface area contributed by atoms with Gasteiger partial charge in [-0.2, -0.15) is 0 Å². The van der Waals surface area contributed by atoms with Crippen molar-refractivity contribution in [3.05, 3.63) is 0 Å². The maximum atomic E-state index is 2.72. The van der Waals surface area contributed by atoms with Gasteiger partial charge in [0, 0.05) is 12.6 Å². The smallest absolute Gasteiger partial charge is 0.00965 e. The van der Waals surface area contributed by atoms with Crippen LogP contribution in [-0.2, 0) is 0 Å². The molecule has 0 amide bonds. The zero-order valence-corrected chi connectivity index (χ0v) is 7.55. The molecule has 2 rings (SSSR count). The molecule has 0 radical (unpaired) electrons. The number of hydrogen-bond acceptors (Lipinski definition) is 1. The number of rotatable bonds is 2. The largest absolute Gasteiger partial charge is 0.300 e. The van der Waals surface area contributed by atoms with Gasteiger partial charge < -0.3 is 4.90 Å². The second-order valence-corrected chi connectivity index (χ2v) is 4.14. The first kappa shape index (κ1) is 7.60. The molecule has 0 aromatic heterocycles. The molecule has 1 atom stereocenters. The lowest BCUT2D eigenvalue weighted by Gasteiger charge is -2.32. The summed E-state index contributed by atoms with van der Waals surface area (Å²) >= 11 is 0. The molecule has 1 saturated carbocycles. The lowest BCUT2D eigenvalue weighted by Crippen LogP contribution is -2.36. The van der Waals surface area contributed by atoms with Crippen molar-refractivity contribution in [3.8, 4) is 0 Å². The molecule has 1 saturated heterocycles. The number of likely N-dealkylation sites (tertiary alicyclic amines) is 1. The summed E-state index contributed by atoms with van der Waals surface area (Å²) < 4.78 is 0. The van der Waals surface area contributed by atoms with E-state index in [1.54, 1.807) is 0 Å². The van der Waals surface area contributed by atoms with Crippen LogP contribution in [0, 0.1) is 5.92 Å². The monoisotopic (exact) mass is 153 g/mol. The van der Waals surface area contributed by atoms with Crippen LogP contribution in [0.5, 0.6) is 0 Å². The van der Waals surface area contributed by atoms with E-state index in [0.717, 1.165) is 12.0 Å². The fraction of sp³-hybridized carbons (Fsp3) is 1.00. The average Bonchev–Trinajstić information content (AvgIpc) is 2.87. The Bertz CT molecular complexity index is 129. The molecule has 2 fully saturated rings. The molecule has 1 heteroatoms. The molecule has 1 aliphatic carbocycles. The third-order valence-electron chi connectivity index (χ3n) is 3.19. The molecule has 1 heterocycles. The highest BCUT2D eigenvalue weighted by atomic mass is 15.2. The first-order valence-corrected chi connectivity index (χ1v) is 5.14. The Hall–Kier alpha value is -0.0400. The summed E-state index contributed by atoms with van der Waals surface area (Å²) in [5.74, 6) is 1.02. The van der Waals surface area contributed by atoms with Crippen LogP contribution in [0.1, 0.15) is 39.0 Å². The molecular weight excluding hydrogens is 134 g/mol. The van der Waals surface area contributed by atoms with E-state index in [0.29, 0.717) is 0 Å². The Morgan fingerprint density at radius 2 is 2.09 bits per heavy atom. The molecule has 64 valence electrons. The molecule has 1 nitrogen and oxygen atoms in total. The second-order valence-electron chi connectivity index (χ2n) is 4.14. The first-order valence-electron chi connectivity index (χ1n) is 5.14. The number of nitrogens with zero attached hydrogens (tertiary/aromatic N) is 1. The quantitative estimate of drug-likeness (QED) is 0.588. The Labute approximate surface area is 69.8 Å². The van der Waals surface area contributed by atoms with Crippen LogP contribution < -0.4 is 0 Å². The van der Waals surface area contributed by atoms with Crippen molar-refractivity contribution in [2.75, 3.05) is 13.1 Å². The minimum atomic E-state index is 1.00. The van der Waals surface area contributed by atoms with Gasteiger partial charge in [-0.15, -0.1) is 0 Å². The number of piperidine rings is 1. The molecule has 11 heavy (non-hydrogen) atoms. The van der Waals surface area contributed by atoms with Crippen molar-refractivity contribution in [2.24, 2.45) is 5.92 Å². The zero-order chi connectivity index (χ0) is 7.68. The summed E-state index contributed by atoms with van der Waals surface area (Å²) in [7, 11) is 0. The average molecular weight is 153 g/mol. The van der Waals surface area contributed by atoms with Gasteiger partial charge in [-0.25, -0.2) is 0 Å². The van der Waals surface area contributed by atoms with E-state index in [1.807, 2.05) is 0 Å². The minimum absolute atomic E-state index is 1.00. The molecule has 0 N–H and O–H groups in total. The molecule has 0 spiro atoms. The predicted octanol–water partition coefficient (Wildman–Crippen LogP) is 2.27. The molecule has 1 aliphatic heterocycles. The van der Waals surface area contributed by atoms with E-state index in [4.69, 9.17) is 0 Å². The van der Waals surface area contributed by atoms with Gasteiger partial charge in [-0.3, -0.25) is 0 Å². The Morgan fingerprint density at radius 3 is 2.73 bits per heavy atom. The van der Waals surface area contributed by atoms with Crippen molar-refractivity contribution in [1.82, 2.24) is 4.90 Å². The molecule has 0 aromatic carbocycles. The Kier molecular flexibility index (Phi) is 2.17. The highest BCUT2D eigenvalue weighted by Gasteiger charge is 2.31. The van der Waals surface area contributed by atoms with Crippen molar-refractivity contribution in [1.29, 1.82) is 0 Å². The van der Waals surface area contributed by atoms with Crippen LogP contribution in [-0.4, -0.2) is 24.0 Å². The maximum Gasteiger partial charge on any atom is 0.00965 e. The van der Waals surface area contributed by atoms with Gasteiger partial charge in [0.2, 0.25) is 0 Å². The van der Waals surface area contributed by atoms with E-state index in [-0.39, 0.29) is 0 Å². The van der Waals surface area contributed by atoms with Crippen molar-refractivity contribution >= 4 is 0 Å². The first-order chi connectivity index (χ1) is 5.40. The maximum absolute atomic E-state index is 2.72. The van der Waals surface area contributed by atoms with E-state index in [1.165, 1.54) is 45.2 Å². The Balaban J connectivity index is 1.82. The molecular formula is C10H19N. The molecule has 2 aliphatic rings. The highest BCUT2D eigenvalue weighted by Crippen LogP contribution is 2.31. The summed E-state index contributed by atoms with van der Waals surface area (Å²) in [6, 6.07) is 1.00. The van der Waals surface area contributed by atoms with E-state index >= 15 is 0 Å². The Morgan fingerprint density at radius 1 is 1.27 bits per heavy atom. The normalized spacial score (nSPS) is 34.1. The van der Waals surface area contributed by atoms with E-state index in [2.05, 4.69) is 11.8 Å². The third-order valence-corrected chi connectivity index (χ3v) is 3.19. The van der Waals surface area contributed by atoms with Crippen LogP contribution >= 0.6 is 0 Å². The minimum Gasteiger partial charge on any atom is -0.300 e. The predicted molar refractivity (Wildman–Crippen MR) is 47.6 cm³/mol. The third kappa shape index (κ3) is 1.76. The summed E-state index contributed by atoms with van der Waals surface area (Å²) in [4.78, 5) is 2.72. The highest BCUT2D eigenvalue weighted by molar-refractivity contribution is 4.87. The van der Waals surface area contributed by atoms with Gasteiger partial charge in [-0.1, -0.05) is 13.3 Å². The standard InChI is InChI=1S/C10H19N/c1-2-9-4-3-7-11(8-9)10-5-6-10/h9-10H,2-8H2,1H3/t9-/m1/s1. The summed E-state index contributed by atoms with van der Waals surface area (Å²) in [5, 5.41) is 0. The van der Waals surface area contributed by atoms with Gasteiger partial charge in [0.25, 0.3) is 0 Å². The van der Waals surface area contributed by atoms with Gasteiger partial charge in [0.15, 0.2) is 0 Å². The molecule has 0 unspecified atom stereocenters.